The second-order valence-electron chi connectivity index (χ2n) is 8.66. The summed E-state index contributed by atoms with van der Waals surface area (Å²) in [6.45, 7) is 8.43. The summed E-state index contributed by atoms with van der Waals surface area (Å²) < 4.78 is 13.1. The fourth-order valence-electron chi connectivity index (χ4n) is 5.94. The van der Waals surface area contributed by atoms with E-state index in [1.807, 2.05) is 0 Å². The summed E-state index contributed by atoms with van der Waals surface area (Å²) in [5.41, 5.74) is 0.107. The maximum absolute atomic E-state index is 6.70. The minimum Gasteiger partial charge on any atom is -0.359 e. The quantitative estimate of drug-likeness (QED) is 0.640. The molecule has 2 bridgehead atoms. The van der Waals surface area contributed by atoms with E-state index in [1.165, 1.54) is 25.7 Å². The molecule has 5 rings (SSSR count). The van der Waals surface area contributed by atoms with Crippen LogP contribution in [0.25, 0.3) is 0 Å². The van der Waals surface area contributed by atoms with E-state index in [2.05, 4.69) is 37.8 Å². The molecule has 0 radical (unpaired) electrons. The van der Waals surface area contributed by atoms with E-state index in [0.29, 0.717) is 24.0 Å². The average Bonchev–Trinajstić information content (AvgIpc) is 3.07. The van der Waals surface area contributed by atoms with Crippen molar-refractivity contribution >= 4 is 0 Å². The molecule has 116 valence electrons. The van der Waals surface area contributed by atoms with Gasteiger partial charge in [-0.3, -0.25) is 4.90 Å². The molecular weight excluding hydrogens is 262 g/mol. The second kappa shape index (κ2) is 3.93. The highest BCUT2D eigenvalue weighted by Crippen LogP contribution is 2.57. The van der Waals surface area contributed by atoms with Crippen molar-refractivity contribution in [1.82, 2.24) is 4.90 Å². The Bertz CT molecular complexity index is 501. The lowest BCUT2D eigenvalue weighted by Crippen LogP contribution is -2.65. The highest BCUT2D eigenvalue weighted by molar-refractivity contribution is 5.28. The molecule has 4 aliphatic heterocycles. The lowest BCUT2D eigenvalue weighted by Gasteiger charge is -2.56. The van der Waals surface area contributed by atoms with Gasteiger partial charge in [0, 0.05) is 23.9 Å². The van der Waals surface area contributed by atoms with Gasteiger partial charge in [-0.1, -0.05) is 19.4 Å². The minimum absolute atomic E-state index is 0.131. The van der Waals surface area contributed by atoms with Crippen molar-refractivity contribution in [2.24, 2.45) is 17.8 Å². The van der Waals surface area contributed by atoms with Crippen molar-refractivity contribution in [3.05, 3.63) is 12.2 Å². The van der Waals surface area contributed by atoms with Crippen molar-refractivity contribution in [3.63, 3.8) is 0 Å². The number of fused-ring (bicyclic) bond motifs is 3. The van der Waals surface area contributed by atoms with Crippen molar-refractivity contribution < 1.29 is 9.47 Å². The lowest BCUT2D eigenvalue weighted by atomic mass is 9.70. The highest BCUT2D eigenvalue weighted by Gasteiger charge is 2.67. The summed E-state index contributed by atoms with van der Waals surface area (Å²) in [7, 11) is 0. The number of ether oxygens (including phenoxy) is 2. The molecule has 3 saturated heterocycles. The Balaban J connectivity index is 1.54. The first kappa shape index (κ1) is 13.1. The Hall–Kier alpha value is -0.380. The monoisotopic (exact) mass is 289 g/mol. The number of hydrogen-bond acceptors (Lipinski definition) is 3. The third kappa shape index (κ3) is 1.50. The smallest absolute Gasteiger partial charge is 0.144 e. The summed E-state index contributed by atoms with van der Waals surface area (Å²) in [5, 5.41) is 0. The van der Waals surface area contributed by atoms with Crippen LogP contribution >= 0.6 is 0 Å². The molecule has 1 spiro atoms. The molecule has 4 heterocycles. The average molecular weight is 289 g/mol. The van der Waals surface area contributed by atoms with Crippen molar-refractivity contribution in [2.45, 2.75) is 76.0 Å². The Morgan fingerprint density at radius 1 is 1.19 bits per heavy atom. The molecule has 1 saturated carbocycles. The molecular formula is C18H27NO2. The van der Waals surface area contributed by atoms with E-state index in [-0.39, 0.29) is 17.4 Å². The maximum atomic E-state index is 6.70. The van der Waals surface area contributed by atoms with E-state index in [0.717, 1.165) is 12.5 Å². The van der Waals surface area contributed by atoms with Gasteiger partial charge in [-0.25, -0.2) is 0 Å². The third-order valence-electron chi connectivity index (χ3n) is 7.17. The van der Waals surface area contributed by atoms with Gasteiger partial charge in [0.05, 0.1) is 12.2 Å². The molecule has 0 unspecified atom stereocenters. The van der Waals surface area contributed by atoms with Crippen LogP contribution in [0.3, 0.4) is 0 Å². The molecule has 4 fully saturated rings. The Labute approximate surface area is 127 Å². The van der Waals surface area contributed by atoms with Crippen LogP contribution in [0, 0.1) is 17.8 Å². The number of hydrogen-bond donors (Lipinski definition) is 0. The summed E-state index contributed by atoms with van der Waals surface area (Å²) >= 11 is 0. The molecule has 7 atom stereocenters. The molecule has 3 nitrogen and oxygen atoms in total. The molecule has 5 aliphatic rings. The fraction of sp³-hybridized carbons (Fsp3) is 0.889. The first-order chi connectivity index (χ1) is 10.0. The largest absolute Gasteiger partial charge is 0.359 e. The zero-order chi connectivity index (χ0) is 14.4. The molecule has 1 aliphatic carbocycles. The highest BCUT2D eigenvalue weighted by atomic mass is 16.6. The Morgan fingerprint density at radius 2 is 2.05 bits per heavy atom. The molecule has 0 aromatic carbocycles. The van der Waals surface area contributed by atoms with Crippen LogP contribution in [-0.4, -0.2) is 41.0 Å². The van der Waals surface area contributed by atoms with Crippen LogP contribution in [0.15, 0.2) is 12.2 Å². The zero-order valence-corrected chi connectivity index (χ0v) is 13.4. The van der Waals surface area contributed by atoms with Crippen molar-refractivity contribution in [1.29, 1.82) is 0 Å². The summed E-state index contributed by atoms with van der Waals surface area (Å²) in [5.74, 6) is 2.12. The SMILES string of the molecule is C[C@@H]1CC[C@@H]2[C@@H](C1)O[C@@H]1N(C[C@@H]3C[C@@H]4C=C[C@@]31O4)C2(C)C. The van der Waals surface area contributed by atoms with Crippen LogP contribution in [0.1, 0.15) is 46.5 Å². The van der Waals surface area contributed by atoms with Gasteiger partial charge < -0.3 is 9.47 Å². The minimum atomic E-state index is -0.131. The van der Waals surface area contributed by atoms with Crippen LogP contribution < -0.4 is 0 Å². The van der Waals surface area contributed by atoms with Gasteiger partial charge in [0.2, 0.25) is 0 Å². The normalized spacial score (nSPS) is 57.1. The third-order valence-corrected chi connectivity index (χ3v) is 7.17. The number of rotatable bonds is 0. The van der Waals surface area contributed by atoms with Crippen LogP contribution in [-0.2, 0) is 9.47 Å². The van der Waals surface area contributed by atoms with E-state index in [4.69, 9.17) is 9.47 Å². The van der Waals surface area contributed by atoms with Gasteiger partial charge in [-0.15, -0.1) is 0 Å². The van der Waals surface area contributed by atoms with E-state index < -0.39 is 0 Å². The first-order valence-electron chi connectivity index (χ1n) is 8.80. The molecule has 0 aromatic rings. The van der Waals surface area contributed by atoms with Crippen LogP contribution in [0.4, 0.5) is 0 Å². The van der Waals surface area contributed by atoms with E-state index >= 15 is 0 Å². The van der Waals surface area contributed by atoms with Gasteiger partial charge in [0.15, 0.2) is 0 Å². The van der Waals surface area contributed by atoms with Gasteiger partial charge in [-0.2, -0.15) is 0 Å². The lowest BCUT2D eigenvalue weighted by molar-refractivity contribution is -0.254. The van der Waals surface area contributed by atoms with Crippen LogP contribution in [0.2, 0.25) is 0 Å². The van der Waals surface area contributed by atoms with Crippen LogP contribution in [0.5, 0.6) is 0 Å². The Morgan fingerprint density at radius 3 is 2.86 bits per heavy atom. The molecule has 0 N–H and O–H groups in total. The van der Waals surface area contributed by atoms with E-state index in [9.17, 15) is 0 Å². The van der Waals surface area contributed by atoms with Gasteiger partial charge >= 0.3 is 0 Å². The Kier molecular flexibility index (Phi) is 2.45. The molecule has 0 amide bonds. The number of nitrogens with zero attached hydrogens (tertiary/aromatic N) is 1. The van der Waals surface area contributed by atoms with Gasteiger partial charge in [0.1, 0.15) is 11.8 Å². The topological polar surface area (TPSA) is 21.7 Å². The molecule has 21 heavy (non-hydrogen) atoms. The maximum Gasteiger partial charge on any atom is 0.144 e. The molecule has 3 heteroatoms. The van der Waals surface area contributed by atoms with E-state index in [1.54, 1.807) is 0 Å². The predicted molar refractivity (Wildman–Crippen MR) is 80.8 cm³/mol. The fourth-order valence-corrected chi connectivity index (χ4v) is 5.94. The second-order valence-corrected chi connectivity index (χ2v) is 8.66. The summed E-state index contributed by atoms with van der Waals surface area (Å²) in [4.78, 5) is 2.64. The summed E-state index contributed by atoms with van der Waals surface area (Å²) in [6.07, 6.45) is 10.6. The van der Waals surface area contributed by atoms with Crippen molar-refractivity contribution in [2.75, 3.05) is 6.54 Å². The van der Waals surface area contributed by atoms with Crippen molar-refractivity contribution in [3.8, 4) is 0 Å². The predicted octanol–water partition coefficient (Wildman–Crippen LogP) is 2.96. The zero-order valence-electron chi connectivity index (χ0n) is 13.4. The first-order valence-corrected chi connectivity index (χ1v) is 8.80. The standard InChI is InChI=1S/C18H27NO2/c1-11-4-5-14-15(8-11)20-16-18-7-6-13(21-18)9-12(18)10-19(16)17(14,2)3/h6-7,11-16H,4-5,8-10H2,1-3H3/t11-,12+,13+,14-,15-,16+,18-/m1/s1. The van der Waals surface area contributed by atoms with Gasteiger partial charge in [0.25, 0.3) is 0 Å². The summed E-state index contributed by atoms with van der Waals surface area (Å²) in [6, 6.07) is 0. The molecule has 0 aromatic heterocycles. The van der Waals surface area contributed by atoms with Gasteiger partial charge in [-0.05, 0) is 45.1 Å².